The van der Waals surface area contributed by atoms with Gasteiger partial charge in [-0.05, 0) is 27.7 Å². The Morgan fingerprint density at radius 1 is 1.27 bits per heavy atom. The van der Waals surface area contributed by atoms with Gasteiger partial charge < -0.3 is 20.4 Å². The molecule has 0 saturated heterocycles. The number of hydrogen-bond donors (Lipinski definition) is 3. The monoisotopic (exact) mass is 370 g/mol. The maximum atomic E-state index is 12.7. The average molecular weight is 370 g/mol. The summed E-state index contributed by atoms with van der Waals surface area (Å²) in [5, 5.41) is 4.63. The van der Waals surface area contributed by atoms with Crippen LogP contribution in [0.5, 0.6) is 0 Å². The van der Waals surface area contributed by atoms with Crippen molar-refractivity contribution in [2.45, 2.75) is 51.8 Å². The van der Waals surface area contributed by atoms with Gasteiger partial charge >= 0.3 is 5.97 Å². The summed E-state index contributed by atoms with van der Waals surface area (Å²) >= 11 is 0. The molecule has 2 amide bonds. The largest absolute Gasteiger partial charge is 0.460 e. The second-order valence-corrected chi connectivity index (χ2v) is 6.58. The molecule has 1 heterocycles. The van der Waals surface area contributed by atoms with E-state index in [0.29, 0.717) is 0 Å². The number of aromatic amines is 1. The van der Waals surface area contributed by atoms with Crippen LogP contribution in [0.3, 0.4) is 0 Å². The van der Waals surface area contributed by atoms with Gasteiger partial charge in [0.2, 0.25) is 5.91 Å². The minimum atomic E-state index is -1.38. The van der Waals surface area contributed by atoms with Crippen molar-refractivity contribution in [3.8, 4) is 0 Å². The summed E-state index contributed by atoms with van der Waals surface area (Å²) in [6.45, 7) is 4.95. The first kappa shape index (κ1) is 21.3. The maximum absolute atomic E-state index is 12.7. The van der Waals surface area contributed by atoms with Crippen molar-refractivity contribution in [1.82, 2.24) is 20.6 Å². The number of ketones is 1. The van der Waals surface area contributed by atoms with Gasteiger partial charge in [0.15, 0.2) is 11.6 Å². The van der Waals surface area contributed by atoms with Crippen molar-refractivity contribution in [2.75, 3.05) is 6.67 Å². The Morgan fingerprint density at radius 2 is 1.92 bits per heavy atom. The smallest absolute Gasteiger partial charge is 0.308 e. The highest BCUT2D eigenvalue weighted by molar-refractivity contribution is 5.97. The molecule has 3 N–H and O–H groups in total. The lowest BCUT2D eigenvalue weighted by Crippen LogP contribution is -2.51. The minimum absolute atomic E-state index is 0.00906. The molecular weight excluding hydrogens is 347 g/mol. The van der Waals surface area contributed by atoms with E-state index in [1.165, 1.54) is 19.3 Å². The van der Waals surface area contributed by atoms with E-state index in [2.05, 4.69) is 20.6 Å². The normalized spacial score (nSPS) is 13.4. The highest BCUT2D eigenvalue weighted by Crippen LogP contribution is 2.10. The van der Waals surface area contributed by atoms with E-state index < -0.39 is 54.3 Å². The van der Waals surface area contributed by atoms with Gasteiger partial charge in [0.1, 0.15) is 24.4 Å². The Kier molecular flexibility index (Phi) is 7.41. The molecule has 0 aliphatic carbocycles. The van der Waals surface area contributed by atoms with Crippen molar-refractivity contribution in [3.63, 3.8) is 0 Å². The first-order valence-electron chi connectivity index (χ1n) is 7.94. The fourth-order valence-electron chi connectivity index (χ4n) is 1.91. The van der Waals surface area contributed by atoms with Crippen LogP contribution < -0.4 is 10.6 Å². The number of Topliss-reactive ketones (excluding diaryl/α,β-unsaturated/α-hetero) is 1. The van der Waals surface area contributed by atoms with E-state index in [4.69, 9.17) is 4.74 Å². The SMILES string of the molecule is C[C@H](NC(=O)c1ncc[nH]1)C(=O)NC(CC(=O)OC(C)(C)C)C(=O)CF. The predicted molar refractivity (Wildman–Crippen MR) is 88.9 cm³/mol. The summed E-state index contributed by atoms with van der Waals surface area (Å²) in [5.41, 5.74) is -0.783. The number of rotatable bonds is 8. The Labute approximate surface area is 150 Å². The molecule has 9 nitrogen and oxygen atoms in total. The molecule has 0 aliphatic heterocycles. The molecular formula is C16H23FN4O5. The highest BCUT2D eigenvalue weighted by Gasteiger charge is 2.28. The first-order chi connectivity index (χ1) is 12.0. The molecule has 0 fully saturated rings. The fourth-order valence-corrected chi connectivity index (χ4v) is 1.91. The number of amides is 2. The molecule has 0 radical (unpaired) electrons. The summed E-state index contributed by atoms with van der Waals surface area (Å²) in [6.07, 6.45) is 2.30. The van der Waals surface area contributed by atoms with Crippen LogP contribution in [0, 0.1) is 0 Å². The van der Waals surface area contributed by atoms with E-state index in [-0.39, 0.29) is 5.82 Å². The Morgan fingerprint density at radius 3 is 2.42 bits per heavy atom. The third-order valence-electron chi connectivity index (χ3n) is 3.08. The Bertz CT molecular complexity index is 654. The molecule has 0 saturated carbocycles. The summed E-state index contributed by atoms with van der Waals surface area (Å²) < 4.78 is 17.8. The molecule has 2 atom stereocenters. The second-order valence-electron chi connectivity index (χ2n) is 6.58. The molecule has 26 heavy (non-hydrogen) atoms. The standard InChI is InChI=1S/C16H23FN4O5/c1-9(20-15(25)13-18-5-6-19-13)14(24)21-10(11(22)8-17)7-12(23)26-16(2,3)4/h5-6,9-10H,7-8H2,1-4H3,(H,18,19)(H,20,25)(H,21,24)/t9-,10?/m0/s1. The molecule has 0 aromatic carbocycles. The lowest BCUT2D eigenvalue weighted by molar-refractivity contribution is -0.156. The van der Waals surface area contributed by atoms with E-state index in [0.717, 1.165) is 0 Å². The van der Waals surface area contributed by atoms with Crippen LogP contribution in [0.1, 0.15) is 44.7 Å². The van der Waals surface area contributed by atoms with Gasteiger partial charge in [-0.3, -0.25) is 19.2 Å². The summed E-state index contributed by atoms with van der Waals surface area (Å²) in [5.74, 6) is -3.08. The zero-order valence-electron chi connectivity index (χ0n) is 15.1. The molecule has 0 aliphatic rings. The predicted octanol–water partition coefficient (Wildman–Crippen LogP) is 0.283. The Balaban J connectivity index is 2.68. The summed E-state index contributed by atoms with van der Waals surface area (Å²) in [7, 11) is 0. The minimum Gasteiger partial charge on any atom is -0.460 e. The molecule has 1 rings (SSSR count). The number of hydrogen-bond acceptors (Lipinski definition) is 6. The number of carbonyl (C=O) groups excluding carboxylic acids is 4. The number of aromatic nitrogens is 2. The highest BCUT2D eigenvalue weighted by atomic mass is 19.1. The zero-order valence-corrected chi connectivity index (χ0v) is 15.1. The van der Waals surface area contributed by atoms with Crippen LogP contribution in [0.2, 0.25) is 0 Å². The van der Waals surface area contributed by atoms with Gasteiger partial charge in [0.25, 0.3) is 5.91 Å². The van der Waals surface area contributed by atoms with E-state index in [1.54, 1.807) is 20.8 Å². The van der Waals surface area contributed by atoms with E-state index in [9.17, 15) is 23.6 Å². The maximum Gasteiger partial charge on any atom is 0.308 e. The van der Waals surface area contributed by atoms with Gasteiger partial charge in [0.05, 0.1) is 6.42 Å². The van der Waals surface area contributed by atoms with Gasteiger partial charge in [-0.15, -0.1) is 0 Å². The number of alkyl halides is 1. The fraction of sp³-hybridized carbons (Fsp3) is 0.562. The van der Waals surface area contributed by atoms with Crippen LogP contribution in [0.25, 0.3) is 0 Å². The number of nitrogens with one attached hydrogen (secondary N) is 3. The summed E-state index contributed by atoms with van der Waals surface area (Å²) in [6, 6.07) is -2.42. The molecule has 0 spiro atoms. The molecule has 1 aromatic rings. The second kappa shape index (κ2) is 9.07. The van der Waals surface area contributed by atoms with Crippen molar-refractivity contribution in [3.05, 3.63) is 18.2 Å². The van der Waals surface area contributed by atoms with Crippen molar-refractivity contribution in [2.24, 2.45) is 0 Å². The van der Waals surface area contributed by atoms with Crippen LogP contribution >= 0.6 is 0 Å². The number of halogens is 1. The topological polar surface area (TPSA) is 130 Å². The summed E-state index contributed by atoms with van der Waals surface area (Å²) in [4.78, 5) is 53.8. The molecule has 1 unspecified atom stereocenters. The molecule has 10 heteroatoms. The quantitative estimate of drug-likeness (QED) is 0.564. The van der Waals surface area contributed by atoms with Crippen LogP contribution in [-0.2, 0) is 19.1 Å². The Hall–Kier alpha value is -2.78. The molecule has 1 aromatic heterocycles. The number of H-pyrrole nitrogens is 1. The van der Waals surface area contributed by atoms with Crippen molar-refractivity contribution in [1.29, 1.82) is 0 Å². The third kappa shape index (κ3) is 6.99. The van der Waals surface area contributed by atoms with Crippen LogP contribution in [0.4, 0.5) is 4.39 Å². The van der Waals surface area contributed by atoms with E-state index >= 15 is 0 Å². The number of carbonyl (C=O) groups is 4. The van der Waals surface area contributed by atoms with Crippen LogP contribution in [0.15, 0.2) is 12.4 Å². The number of ether oxygens (including phenoxy) is 1. The number of imidazole rings is 1. The number of nitrogens with zero attached hydrogens (tertiary/aromatic N) is 1. The zero-order chi connectivity index (χ0) is 19.9. The number of esters is 1. The van der Waals surface area contributed by atoms with Crippen LogP contribution in [-0.4, -0.2) is 57.9 Å². The third-order valence-corrected chi connectivity index (χ3v) is 3.08. The van der Waals surface area contributed by atoms with Gasteiger partial charge in [-0.2, -0.15) is 0 Å². The van der Waals surface area contributed by atoms with Crippen molar-refractivity contribution >= 4 is 23.6 Å². The van der Waals surface area contributed by atoms with Gasteiger partial charge in [0, 0.05) is 12.4 Å². The first-order valence-corrected chi connectivity index (χ1v) is 7.94. The van der Waals surface area contributed by atoms with Gasteiger partial charge in [-0.25, -0.2) is 9.37 Å². The van der Waals surface area contributed by atoms with Gasteiger partial charge in [-0.1, -0.05) is 0 Å². The lowest BCUT2D eigenvalue weighted by Gasteiger charge is -2.23. The molecule has 144 valence electrons. The lowest BCUT2D eigenvalue weighted by atomic mass is 10.1. The molecule has 0 bridgehead atoms. The average Bonchev–Trinajstić information content (AvgIpc) is 3.05. The van der Waals surface area contributed by atoms with E-state index in [1.807, 2.05) is 0 Å². The van der Waals surface area contributed by atoms with Crippen molar-refractivity contribution < 1.29 is 28.3 Å².